The van der Waals surface area contributed by atoms with Gasteiger partial charge in [0.25, 0.3) is 0 Å². The maximum Gasteiger partial charge on any atom is 0.180 e. The fraction of sp³-hybridized carbons (Fsp3) is 0.462. The highest BCUT2D eigenvalue weighted by Gasteiger charge is 2.19. The smallest absolute Gasteiger partial charge is 0.180 e. The highest BCUT2D eigenvalue weighted by atomic mass is 32.2. The van der Waals surface area contributed by atoms with Crippen molar-refractivity contribution >= 4 is 17.5 Å². The number of carbonyl (C=O) groups is 1. The summed E-state index contributed by atoms with van der Waals surface area (Å²) in [5.74, 6) is 2.87. The van der Waals surface area contributed by atoms with E-state index in [4.69, 9.17) is 14.2 Å². The van der Waals surface area contributed by atoms with E-state index in [1.54, 1.807) is 31.0 Å². The SMILES string of the molecule is CCSCC(=O)c1c(OC)cc(OC)cc1OC. The van der Waals surface area contributed by atoms with Gasteiger partial charge in [-0.2, -0.15) is 11.8 Å². The van der Waals surface area contributed by atoms with Gasteiger partial charge in [0.15, 0.2) is 5.78 Å². The zero-order chi connectivity index (χ0) is 13.5. The van der Waals surface area contributed by atoms with Gasteiger partial charge in [-0.25, -0.2) is 0 Å². The summed E-state index contributed by atoms with van der Waals surface area (Å²) in [6.45, 7) is 2.01. The first-order valence-electron chi connectivity index (χ1n) is 5.58. The molecule has 1 aromatic carbocycles. The fourth-order valence-electron chi connectivity index (χ4n) is 1.55. The van der Waals surface area contributed by atoms with Crippen LogP contribution < -0.4 is 14.2 Å². The normalized spacial score (nSPS) is 10.0. The van der Waals surface area contributed by atoms with Gasteiger partial charge in [-0.3, -0.25) is 4.79 Å². The molecule has 0 unspecified atom stereocenters. The van der Waals surface area contributed by atoms with Gasteiger partial charge in [0.1, 0.15) is 22.8 Å². The van der Waals surface area contributed by atoms with E-state index in [1.165, 1.54) is 14.2 Å². The van der Waals surface area contributed by atoms with Gasteiger partial charge < -0.3 is 14.2 Å². The average Bonchev–Trinajstić information content (AvgIpc) is 2.42. The summed E-state index contributed by atoms with van der Waals surface area (Å²) in [5, 5.41) is 0. The first kappa shape index (κ1) is 14.7. The predicted molar refractivity (Wildman–Crippen MR) is 73.4 cm³/mol. The summed E-state index contributed by atoms with van der Waals surface area (Å²) < 4.78 is 15.6. The molecule has 0 aromatic heterocycles. The number of rotatable bonds is 7. The van der Waals surface area contributed by atoms with E-state index in [0.29, 0.717) is 28.6 Å². The Morgan fingerprint density at radius 3 is 2.06 bits per heavy atom. The van der Waals surface area contributed by atoms with Crippen LogP contribution in [0, 0.1) is 0 Å². The minimum absolute atomic E-state index is 0.00166. The van der Waals surface area contributed by atoms with E-state index in [1.807, 2.05) is 6.92 Å². The van der Waals surface area contributed by atoms with Crippen molar-refractivity contribution in [2.75, 3.05) is 32.8 Å². The average molecular weight is 270 g/mol. The minimum Gasteiger partial charge on any atom is -0.496 e. The van der Waals surface area contributed by atoms with Crippen LogP contribution in [0.25, 0.3) is 0 Å². The number of ether oxygens (including phenoxy) is 3. The van der Waals surface area contributed by atoms with Crippen LogP contribution in [0.1, 0.15) is 17.3 Å². The van der Waals surface area contributed by atoms with Crippen molar-refractivity contribution in [1.29, 1.82) is 0 Å². The second-order valence-corrected chi connectivity index (χ2v) is 4.74. The third-order valence-corrected chi connectivity index (χ3v) is 3.31. The van der Waals surface area contributed by atoms with Crippen LogP contribution >= 0.6 is 11.8 Å². The van der Waals surface area contributed by atoms with Crippen molar-refractivity contribution in [3.05, 3.63) is 17.7 Å². The summed E-state index contributed by atoms with van der Waals surface area (Å²) in [6, 6.07) is 3.37. The minimum atomic E-state index is -0.00166. The molecule has 0 heterocycles. The molecule has 0 radical (unpaired) electrons. The number of benzene rings is 1. The standard InChI is InChI=1S/C13H18O4S/c1-5-18-8-10(14)13-11(16-3)6-9(15-2)7-12(13)17-4/h6-7H,5,8H2,1-4H3. The highest BCUT2D eigenvalue weighted by Crippen LogP contribution is 2.34. The van der Waals surface area contributed by atoms with Crippen molar-refractivity contribution < 1.29 is 19.0 Å². The van der Waals surface area contributed by atoms with Crippen molar-refractivity contribution in [3.63, 3.8) is 0 Å². The number of carbonyl (C=O) groups excluding carboxylic acids is 1. The molecule has 0 aliphatic carbocycles. The maximum absolute atomic E-state index is 12.1. The number of thioether (sulfide) groups is 1. The van der Waals surface area contributed by atoms with E-state index in [9.17, 15) is 4.79 Å². The number of methoxy groups -OCH3 is 3. The number of ketones is 1. The molecule has 1 aromatic rings. The lowest BCUT2D eigenvalue weighted by molar-refractivity contribution is 0.101. The topological polar surface area (TPSA) is 44.8 Å². The Morgan fingerprint density at radius 2 is 1.67 bits per heavy atom. The van der Waals surface area contributed by atoms with Crippen LogP contribution in [0.15, 0.2) is 12.1 Å². The first-order valence-corrected chi connectivity index (χ1v) is 6.74. The Morgan fingerprint density at radius 1 is 1.11 bits per heavy atom. The van der Waals surface area contributed by atoms with E-state index < -0.39 is 0 Å². The lowest BCUT2D eigenvalue weighted by Crippen LogP contribution is -2.08. The van der Waals surface area contributed by atoms with Crippen molar-refractivity contribution in [1.82, 2.24) is 0 Å². The van der Waals surface area contributed by atoms with Crippen LogP contribution in [0.2, 0.25) is 0 Å². The Labute approximate surface area is 112 Å². The predicted octanol–water partition coefficient (Wildman–Crippen LogP) is 2.65. The molecule has 100 valence electrons. The van der Waals surface area contributed by atoms with Crippen LogP contribution in [0.3, 0.4) is 0 Å². The second-order valence-electron chi connectivity index (χ2n) is 3.47. The van der Waals surface area contributed by atoms with E-state index >= 15 is 0 Å². The molecule has 0 fully saturated rings. The third-order valence-electron chi connectivity index (χ3n) is 2.43. The zero-order valence-electron chi connectivity index (χ0n) is 11.1. The van der Waals surface area contributed by atoms with Crippen molar-refractivity contribution in [3.8, 4) is 17.2 Å². The third kappa shape index (κ3) is 3.32. The first-order chi connectivity index (χ1) is 8.67. The molecule has 0 amide bonds. The van der Waals surface area contributed by atoms with Crippen LogP contribution in [-0.4, -0.2) is 38.6 Å². The molecule has 0 aliphatic heterocycles. The second kappa shape index (κ2) is 7.16. The fourth-order valence-corrected chi connectivity index (χ4v) is 2.08. The Hall–Kier alpha value is -1.36. The number of hydrogen-bond acceptors (Lipinski definition) is 5. The molecular formula is C13H18O4S. The summed E-state index contributed by atoms with van der Waals surface area (Å²) in [4.78, 5) is 12.1. The van der Waals surface area contributed by atoms with Crippen LogP contribution in [-0.2, 0) is 0 Å². The molecule has 0 N–H and O–H groups in total. The summed E-state index contributed by atoms with van der Waals surface area (Å²) in [6.07, 6.45) is 0. The number of Topliss-reactive ketones (excluding diaryl/α,β-unsaturated/α-hetero) is 1. The lowest BCUT2D eigenvalue weighted by Gasteiger charge is -2.13. The van der Waals surface area contributed by atoms with Crippen molar-refractivity contribution in [2.45, 2.75) is 6.92 Å². The Kier molecular flexibility index (Phi) is 5.85. The van der Waals surface area contributed by atoms with Gasteiger partial charge in [-0.1, -0.05) is 6.92 Å². The molecule has 0 saturated heterocycles. The molecule has 5 heteroatoms. The molecule has 4 nitrogen and oxygen atoms in total. The molecule has 18 heavy (non-hydrogen) atoms. The molecule has 0 atom stereocenters. The summed E-state index contributed by atoms with van der Waals surface area (Å²) in [5.41, 5.74) is 0.474. The quantitative estimate of drug-likeness (QED) is 0.713. The lowest BCUT2D eigenvalue weighted by atomic mass is 10.1. The molecule has 1 rings (SSSR count). The highest BCUT2D eigenvalue weighted by molar-refractivity contribution is 7.99. The Balaban J connectivity index is 3.18. The molecule has 0 spiro atoms. The summed E-state index contributed by atoms with van der Waals surface area (Å²) in [7, 11) is 4.61. The van der Waals surface area contributed by atoms with Gasteiger partial charge in [0, 0.05) is 12.1 Å². The van der Waals surface area contributed by atoms with E-state index in [-0.39, 0.29) is 5.78 Å². The van der Waals surface area contributed by atoms with E-state index in [0.717, 1.165) is 5.75 Å². The zero-order valence-corrected chi connectivity index (χ0v) is 11.9. The van der Waals surface area contributed by atoms with Crippen LogP contribution in [0.5, 0.6) is 17.2 Å². The monoisotopic (exact) mass is 270 g/mol. The molecular weight excluding hydrogens is 252 g/mol. The van der Waals surface area contributed by atoms with Gasteiger partial charge in [-0.05, 0) is 5.75 Å². The molecule has 0 bridgehead atoms. The largest absolute Gasteiger partial charge is 0.496 e. The summed E-state index contributed by atoms with van der Waals surface area (Å²) >= 11 is 1.57. The van der Waals surface area contributed by atoms with Gasteiger partial charge in [0.2, 0.25) is 0 Å². The van der Waals surface area contributed by atoms with Gasteiger partial charge >= 0.3 is 0 Å². The molecule has 0 saturated carbocycles. The van der Waals surface area contributed by atoms with E-state index in [2.05, 4.69) is 0 Å². The van der Waals surface area contributed by atoms with Crippen LogP contribution in [0.4, 0.5) is 0 Å². The molecule has 0 aliphatic rings. The van der Waals surface area contributed by atoms with Gasteiger partial charge in [-0.15, -0.1) is 0 Å². The Bertz CT molecular complexity index is 392. The van der Waals surface area contributed by atoms with Gasteiger partial charge in [0.05, 0.1) is 27.1 Å². The van der Waals surface area contributed by atoms with Crippen molar-refractivity contribution in [2.24, 2.45) is 0 Å². The maximum atomic E-state index is 12.1. The number of hydrogen-bond donors (Lipinski definition) is 0.